The first kappa shape index (κ1) is 51.7. The summed E-state index contributed by atoms with van der Waals surface area (Å²) < 4.78 is 51.5. The molecule has 0 spiro atoms. The summed E-state index contributed by atoms with van der Waals surface area (Å²) in [6.45, 7) is 6.80. The largest absolute Gasteiger partial charge is 0.418 e. The van der Waals surface area contributed by atoms with Crippen molar-refractivity contribution in [3.8, 4) is 40.2 Å². The molecule has 5 aliphatic heterocycles. The van der Waals surface area contributed by atoms with Gasteiger partial charge in [0.2, 0.25) is 0 Å². The lowest BCUT2D eigenvalue weighted by Crippen LogP contribution is -2.69. The Kier molecular flexibility index (Phi) is 13.9. The fraction of sp³-hybridized carbons (Fsp3) is 0.370. The number of piperidine rings is 1. The van der Waals surface area contributed by atoms with Gasteiger partial charge < -0.3 is 45.4 Å². The van der Waals surface area contributed by atoms with Crippen molar-refractivity contribution in [2.24, 2.45) is 0 Å². The zero-order chi connectivity index (χ0) is 54.2. The van der Waals surface area contributed by atoms with Crippen LogP contribution in [0.2, 0.25) is 0 Å². The Morgan fingerprint density at radius 1 is 0.595 bits per heavy atom. The van der Waals surface area contributed by atoms with Crippen molar-refractivity contribution in [2.45, 2.75) is 47.7 Å². The number of nitriles is 1. The number of fused-ring (bicyclic) bond motifs is 3. The summed E-state index contributed by atoms with van der Waals surface area (Å²) >= 11 is 0. The van der Waals surface area contributed by atoms with Gasteiger partial charge in [0, 0.05) is 79.7 Å². The molecule has 14 rings (SSSR count). The molecule has 0 bridgehead atoms. The molecule has 5 aliphatic rings. The van der Waals surface area contributed by atoms with Crippen molar-refractivity contribution >= 4 is 44.7 Å². The number of nitrogens with one attached hydrogen (secondary N) is 6. The third-order valence-electron chi connectivity index (χ3n) is 15.3. The topological polar surface area (TPSA) is 289 Å². The molecule has 22 nitrogen and oxygen atoms in total. The molecule has 8 N–H and O–H groups in total. The Balaban J connectivity index is 0.000000160. The summed E-state index contributed by atoms with van der Waals surface area (Å²) in [7, 11) is 0. The van der Waals surface area contributed by atoms with Crippen LogP contribution in [0.4, 0.5) is 24.8 Å². The molecular formula is C54H63F3N18O4. The van der Waals surface area contributed by atoms with Crippen molar-refractivity contribution in [2.75, 3.05) is 88.6 Å². The molecule has 5 saturated heterocycles. The number of hydrogen-bond donors (Lipinski definition) is 8. The summed E-state index contributed by atoms with van der Waals surface area (Å²) in [4.78, 5) is 30.7. The van der Waals surface area contributed by atoms with Crippen LogP contribution >= 0.6 is 0 Å². The Labute approximate surface area is 455 Å². The molecule has 79 heavy (non-hydrogen) atoms. The van der Waals surface area contributed by atoms with E-state index in [0.29, 0.717) is 67.5 Å². The fourth-order valence-corrected chi connectivity index (χ4v) is 10.7. The van der Waals surface area contributed by atoms with E-state index in [1.807, 2.05) is 65.6 Å². The standard InChI is InChI=1S/C19H19F3N6O2.C18H20N6O2.C17H16N6.4H2/c20-19(21,22)12-3-4-14(28-7-6-23-13(8-28)18(29)9-30-10-18)25-16(12)15-11-2-1-5-24-17(11)27-26-15;25-18(10-26-11-18)14-9-24(8-7-19-14)15-5-1-4-13(21-15)16-12-3-2-6-20-17(12)23-22-16;18-11-17(6-9-19-10-7-17)14-5-1-4-13(21-14)15-12-3-2-8-20-16(12)23-22-15;;;;/h1-5,13,23,29H,6-10H2,(H,24,26,27);1-6,14,19,25H,7-11H2,(H,20,22,23);1-5,8,19H,6-7,9-10H2,(H,20,22,23);4*1H. The van der Waals surface area contributed by atoms with Crippen molar-refractivity contribution in [1.82, 2.24) is 76.4 Å². The highest BCUT2D eigenvalue weighted by atomic mass is 19.4. The maximum atomic E-state index is 13.7. The van der Waals surface area contributed by atoms with E-state index in [2.05, 4.69) is 77.4 Å². The number of aromatic amines is 3. The first-order chi connectivity index (χ1) is 38.4. The number of hydrogen-bond acceptors (Lipinski definition) is 19. The SMILES string of the molecule is N#CC1(c2cccc(-c3[nH]nc4ncccc34)n2)CCNCC1.OC1(C2CN(c3ccc(C(F)(F)F)c(-c4[nH]nc5ncccc45)n3)CCN2)COC1.OC1(C2CN(c3cccc(-c4[nH]nc5ncccc45)n3)CCN2)COC1.[HH].[HH].[HH].[HH]. The van der Waals surface area contributed by atoms with Gasteiger partial charge in [-0.15, -0.1) is 0 Å². The van der Waals surface area contributed by atoms with Crippen molar-refractivity contribution in [1.29, 1.82) is 5.26 Å². The highest BCUT2D eigenvalue weighted by Gasteiger charge is 2.47. The molecule has 2 unspecified atom stereocenters. The van der Waals surface area contributed by atoms with E-state index in [9.17, 15) is 28.6 Å². The van der Waals surface area contributed by atoms with E-state index in [1.165, 1.54) is 12.3 Å². The number of H-pyrrole nitrogens is 3. The molecule has 0 aromatic carbocycles. The van der Waals surface area contributed by atoms with E-state index < -0.39 is 28.4 Å². The predicted octanol–water partition coefficient (Wildman–Crippen LogP) is 5.29. The Morgan fingerprint density at radius 2 is 1.09 bits per heavy atom. The first-order valence-electron chi connectivity index (χ1n) is 26.0. The van der Waals surface area contributed by atoms with Gasteiger partial charge in [0.25, 0.3) is 0 Å². The summed E-state index contributed by atoms with van der Waals surface area (Å²) in [6.07, 6.45) is 1.96. The normalized spacial score (nSPS) is 20.5. The van der Waals surface area contributed by atoms with Crippen LogP contribution in [0.1, 0.15) is 29.8 Å². The molecule has 25 heteroatoms. The maximum Gasteiger partial charge on any atom is 0.418 e. The molecule has 14 heterocycles. The quantitative estimate of drug-likeness (QED) is 0.0960. The molecule has 9 aromatic heterocycles. The number of anilines is 2. The average molecular weight is 1090 g/mol. The van der Waals surface area contributed by atoms with E-state index in [1.54, 1.807) is 24.5 Å². The van der Waals surface area contributed by atoms with Crippen LogP contribution < -0.4 is 25.8 Å². The van der Waals surface area contributed by atoms with Gasteiger partial charge in [-0.05, 0) is 98.7 Å². The second-order valence-electron chi connectivity index (χ2n) is 20.3. The number of aromatic nitrogens is 12. The lowest BCUT2D eigenvalue weighted by molar-refractivity contribution is -0.194. The molecule has 0 saturated carbocycles. The predicted molar refractivity (Wildman–Crippen MR) is 294 cm³/mol. The molecule has 414 valence electrons. The van der Waals surface area contributed by atoms with Crippen LogP contribution in [-0.2, 0) is 21.1 Å². The molecule has 5 fully saturated rings. The molecule has 0 amide bonds. The highest BCUT2D eigenvalue weighted by molar-refractivity contribution is 5.92. The molecule has 2 atom stereocenters. The lowest BCUT2D eigenvalue weighted by Gasteiger charge is -2.47. The van der Waals surface area contributed by atoms with Gasteiger partial charge >= 0.3 is 6.18 Å². The smallest absolute Gasteiger partial charge is 0.383 e. The van der Waals surface area contributed by atoms with Crippen LogP contribution in [0, 0.1) is 11.3 Å². The number of aliphatic hydroxyl groups is 2. The first-order valence-corrected chi connectivity index (χ1v) is 26.0. The summed E-state index contributed by atoms with van der Waals surface area (Å²) in [6, 6.07) is 27.5. The minimum atomic E-state index is -4.58. The number of piperazine rings is 2. The Morgan fingerprint density at radius 3 is 1.59 bits per heavy atom. The van der Waals surface area contributed by atoms with Crippen LogP contribution in [0.15, 0.2) is 104 Å². The maximum absolute atomic E-state index is 13.7. The zero-order valence-corrected chi connectivity index (χ0v) is 42.6. The monoisotopic (exact) mass is 1080 g/mol. The third kappa shape index (κ3) is 10.2. The zero-order valence-electron chi connectivity index (χ0n) is 42.6. The van der Waals surface area contributed by atoms with Crippen LogP contribution in [0.25, 0.3) is 67.3 Å². The minimum Gasteiger partial charge on any atom is -0.383 e. The van der Waals surface area contributed by atoms with Gasteiger partial charge in [0.05, 0.1) is 84.3 Å². The fourth-order valence-electron chi connectivity index (χ4n) is 10.7. The van der Waals surface area contributed by atoms with E-state index in [4.69, 9.17) is 19.4 Å². The summed E-state index contributed by atoms with van der Waals surface area (Å²) in [5.74, 6) is 1.30. The van der Waals surface area contributed by atoms with Crippen molar-refractivity contribution in [3.63, 3.8) is 0 Å². The number of alkyl halides is 3. The molecule has 9 aromatic rings. The van der Waals surface area contributed by atoms with Gasteiger partial charge in [-0.2, -0.15) is 33.7 Å². The molecular weight excluding hydrogens is 1020 g/mol. The number of ether oxygens (including phenoxy) is 2. The Hall–Kier alpha value is -8.09. The average Bonchev–Trinajstić information content (AvgIpc) is 4.25. The molecule has 0 aliphatic carbocycles. The highest BCUT2D eigenvalue weighted by Crippen LogP contribution is 2.40. The number of pyridine rings is 6. The van der Waals surface area contributed by atoms with Crippen LogP contribution in [-0.4, -0.2) is 173 Å². The van der Waals surface area contributed by atoms with Crippen molar-refractivity contribution < 1.29 is 38.6 Å². The van der Waals surface area contributed by atoms with Crippen molar-refractivity contribution in [3.05, 3.63) is 115 Å². The summed E-state index contributed by atoms with van der Waals surface area (Å²) in [5, 5.41) is 64.4. The summed E-state index contributed by atoms with van der Waals surface area (Å²) in [5.41, 5.74) is 2.70. The van der Waals surface area contributed by atoms with Gasteiger partial charge in [-0.25, -0.2) is 29.9 Å². The number of halogens is 3. The van der Waals surface area contributed by atoms with Crippen LogP contribution in [0.3, 0.4) is 0 Å². The third-order valence-corrected chi connectivity index (χ3v) is 15.3. The van der Waals surface area contributed by atoms with Crippen LogP contribution in [0.5, 0.6) is 0 Å². The van der Waals surface area contributed by atoms with E-state index >= 15 is 0 Å². The number of nitrogens with zero attached hydrogens (tertiary/aromatic N) is 12. The minimum absolute atomic E-state index is 0. The van der Waals surface area contributed by atoms with Gasteiger partial charge in [-0.3, -0.25) is 15.3 Å². The van der Waals surface area contributed by atoms with E-state index in [0.717, 1.165) is 90.1 Å². The van der Waals surface area contributed by atoms with Gasteiger partial charge in [0.15, 0.2) is 16.9 Å². The second kappa shape index (κ2) is 21.3. The number of rotatable bonds is 8. The Bertz CT molecular complexity index is 3690. The lowest BCUT2D eigenvalue weighted by atomic mass is 9.77. The van der Waals surface area contributed by atoms with Gasteiger partial charge in [0.1, 0.15) is 33.9 Å². The second-order valence-corrected chi connectivity index (χ2v) is 20.3. The molecule has 0 radical (unpaired) electrons. The van der Waals surface area contributed by atoms with E-state index in [-0.39, 0.29) is 42.4 Å². The van der Waals surface area contributed by atoms with Gasteiger partial charge in [-0.1, -0.05) is 12.1 Å².